The van der Waals surface area contributed by atoms with Gasteiger partial charge in [0.05, 0.1) is 17.8 Å². The van der Waals surface area contributed by atoms with E-state index >= 15 is 0 Å². The fraction of sp³-hybridized carbons (Fsp3) is 0.0769. The maximum absolute atomic E-state index is 5.97. The SMILES string of the molecule is COc1ccc(Sc2ccc(N)c(Cl)c2)cc1. The number of rotatable bonds is 3. The molecule has 0 unspecified atom stereocenters. The molecule has 0 fully saturated rings. The van der Waals surface area contributed by atoms with Gasteiger partial charge in [-0.3, -0.25) is 0 Å². The first-order valence-electron chi connectivity index (χ1n) is 5.06. The van der Waals surface area contributed by atoms with Crippen LogP contribution in [0.4, 0.5) is 5.69 Å². The molecule has 0 atom stereocenters. The molecule has 0 aliphatic rings. The molecule has 2 nitrogen and oxygen atoms in total. The van der Waals surface area contributed by atoms with Gasteiger partial charge in [-0.25, -0.2) is 0 Å². The first-order chi connectivity index (χ1) is 8.19. The van der Waals surface area contributed by atoms with E-state index in [0.717, 1.165) is 15.5 Å². The number of hydrogen-bond acceptors (Lipinski definition) is 3. The molecule has 0 saturated heterocycles. The zero-order valence-electron chi connectivity index (χ0n) is 9.31. The fourth-order valence-corrected chi connectivity index (χ4v) is 2.45. The summed E-state index contributed by atoms with van der Waals surface area (Å²) in [5.41, 5.74) is 6.26. The Morgan fingerprint density at radius 1 is 1.06 bits per heavy atom. The summed E-state index contributed by atoms with van der Waals surface area (Å²) in [5, 5.41) is 0.587. The number of benzene rings is 2. The van der Waals surface area contributed by atoms with Crippen LogP contribution in [0.2, 0.25) is 5.02 Å². The van der Waals surface area contributed by atoms with Crippen molar-refractivity contribution in [3.05, 3.63) is 47.5 Å². The Morgan fingerprint density at radius 3 is 2.29 bits per heavy atom. The lowest BCUT2D eigenvalue weighted by Gasteiger charge is -2.05. The summed E-state index contributed by atoms with van der Waals surface area (Å²) >= 11 is 7.60. The van der Waals surface area contributed by atoms with E-state index in [1.54, 1.807) is 18.9 Å². The molecule has 0 bridgehead atoms. The third-order valence-electron chi connectivity index (χ3n) is 2.27. The van der Waals surface area contributed by atoms with Gasteiger partial charge >= 0.3 is 0 Å². The van der Waals surface area contributed by atoms with Crippen molar-refractivity contribution in [2.75, 3.05) is 12.8 Å². The minimum absolute atomic E-state index is 0.587. The van der Waals surface area contributed by atoms with Gasteiger partial charge in [0.15, 0.2) is 0 Å². The minimum Gasteiger partial charge on any atom is -0.497 e. The second-order valence-corrected chi connectivity index (χ2v) is 5.02. The van der Waals surface area contributed by atoms with E-state index in [9.17, 15) is 0 Å². The number of hydrogen-bond donors (Lipinski definition) is 1. The Morgan fingerprint density at radius 2 is 1.71 bits per heavy atom. The molecule has 2 aromatic carbocycles. The van der Waals surface area contributed by atoms with Crippen molar-refractivity contribution < 1.29 is 4.74 Å². The standard InChI is InChI=1S/C13H12ClNOS/c1-16-9-2-4-10(5-3-9)17-11-6-7-13(15)12(14)8-11/h2-8H,15H2,1H3. The van der Waals surface area contributed by atoms with E-state index in [4.69, 9.17) is 22.1 Å². The maximum Gasteiger partial charge on any atom is 0.118 e. The molecule has 0 heterocycles. The quantitative estimate of drug-likeness (QED) is 0.850. The number of methoxy groups -OCH3 is 1. The lowest BCUT2D eigenvalue weighted by Crippen LogP contribution is -1.85. The molecule has 2 aromatic rings. The Hall–Kier alpha value is -1.32. The maximum atomic E-state index is 5.97. The van der Waals surface area contributed by atoms with Crippen LogP contribution in [0, 0.1) is 0 Å². The van der Waals surface area contributed by atoms with Crippen molar-refractivity contribution in [1.29, 1.82) is 0 Å². The van der Waals surface area contributed by atoms with Gasteiger partial charge in [-0.05, 0) is 42.5 Å². The highest BCUT2D eigenvalue weighted by atomic mass is 35.5. The summed E-state index contributed by atoms with van der Waals surface area (Å²) in [7, 11) is 1.65. The molecule has 2 N–H and O–H groups in total. The van der Waals surface area contributed by atoms with E-state index in [2.05, 4.69) is 0 Å². The lowest BCUT2D eigenvalue weighted by atomic mass is 10.3. The Kier molecular flexibility index (Phi) is 3.82. The van der Waals surface area contributed by atoms with E-state index < -0.39 is 0 Å². The average Bonchev–Trinajstić information content (AvgIpc) is 2.35. The molecular weight excluding hydrogens is 254 g/mol. The number of halogens is 1. The summed E-state index contributed by atoms with van der Waals surface area (Å²) in [6.45, 7) is 0. The monoisotopic (exact) mass is 265 g/mol. The van der Waals surface area contributed by atoms with Gasteiger partial charge in [0.25, 0.3) is 0 Å². The highest BCUT2D eigenvalue weighted by Gasteiger charge is 2.01. The first-order valence-corrected chi connectivity index (χ1v) is 6.25. The van der Waals surface area contributed by atoms with E-state index in [-0.39, 0.29) is 0 Å². The van der Waals surface area contributed by atoms with Crippen LogP contribution in [0.5, 0.6) is 5.75 Å². The van der Waals surface area contributed by atoms with Crippen LogP contribution in [0.25, 0.3) is 0 Å². The predicted molar refractivity (Wildman–Crippen MR) is 73.0 cm³/mol. The van der Waals surface area contributed by atoms with Crippen molar-refractivity contribution in [3.8, 4) is 5.75 Å². The molecule has 0 aliphatic carbocycles. The summed E-state index contributed by atoms with van der Waals surface area (Å²) in [6.07, 6.45) is 0. The van der Waals surface area contributed by atoms with Gasteiger partial charge in [0.1, 0.15) is 5.75 Å². The second kappa shape index (κ2) is 5.34. The highest BCUT2D eigenvalue weighted by molar-refractivity contribution is 7.99. The molecule has 0 aliphatic heterocycles. The van der Waals surface area contributed by atoms with Gasteiger partial charge < -0.3 is 10.5 Å². The molecule has 0 spiro atoms. The molecule has 0 radical (unpaired) electrons. The Bertz CT molecular complexity index is 513. The van der Waals surface area contributed by atoms with Gasteiger partial charge in [-0.2, -0.15) is 0 Å². The average molecular weight is 266 g/mol. The van der Waals surface area contributed by atoms with Crippen LogP contribution in [0.15, 0.2) is 52.3 Å². The molecule has 0 amide bonds. The van der Waals surface area contributed by atoms with E-state index in [1.807, 2.05) is 42.5 Å². The van der Waals surface area contributed by atoms with E-state index in [0.29, 0.717) is 10.7 Å². The molecule has 0 aromatic heterocycles. The smallest absolute Gasteiger partial charge is 0.118 e. The van der Waals surface area contributed by atoms with Crippen LogP contribution in [-0.4, -0.2) is 7.11 Å². The zero-order chi connectivity index (χ0) is 12.3. The Balaban J connectivity index is 2.16. The summed E-state index contributed by atoms with van der Waals surface area (Å²) in [6, 6.07) is 13.5. The number of nitrogens with two attached hydrogens (primary N) is 1. The van der Waals surface area contributed by atoms with Crippen LogP contribution >= 0.6 is 23.4 Å². The predicted octanol–water partition coefficient (Wildman–Crippen LogP) is 4.08. The van der Waals surface area contributed by atoms with Crippen LogP contribution in [0.1, 0.15) is 0 Å². The first kappa shape index (κ1) is 12.1. The van der Waals surface area contributed by atoms with Crippen molar-refractivity contribution in [1.82, 2.24) is 0 Å². The van der Waals surface area contributed by atoms with Crippen molar-refractivity contribution >= 4 is 29.1 Å². The van der Waals surface area contributed by atoms with Crippen LogP contribution in [-0.2, 0) is 0 Å². The molecule has 0 saturated carbocycles. The zero-order valence-corrected chi connectivity index (χ0v) is 10.9. The van der Waals surface area contributed by atoms with Crippen LogP contribution < -0.4 is 10.5 Å². The third kappa shape index (κ3) is 3.08. The topological polar surface area (TPSA) is 35.2 Å². The number of ether oxygens (including phenoxy) is 1. The van der Waals surface area contributed by atoms with Crippen LogP contribution in [0.3, 0.4) is 0 Å². The lowest BCUT2D eigenvalue weighted by molar-refractivity contribution is 0.414. The second-order valence-electron chi connectivity index (χ2n) is 3.46. The fourth-order valence-electron chi connectivity index (χ4n) is 1.35. The minimum atomic E-state index is 0.587. The van der Waals surface area contributed by atoms with E-state index in [1.165, 1.54) is 0 Å². The largest absolute Gasteiger partial charge is 0.497 e. The summed E-state index contributed by atoms with van der Waals surface area (Å²) in [5.74, 6) is 0.852. The molecule has 4 heteroatoms. The summed E-state index contributed by atoms with van der Waals surface area (Å²) in [4.78, 5) is 2.20. The normalized spacial score (nSPS) is 10.2. The van der Waals surface area contributed by atoms with Crippen molar-refractivity contribution in [2.24, 2.45) is 0 Å². The molecule has 17 heavy (non-hydrogen) atoms. The molecule has 2 rings (SSSR count). The summed E-state index contributed by atoms with van der Waals surface area (Å²) < 4.78 is 5.11. The number of nitrogen functional groups attached to an aromatic ring is 1. The Labute approximate surface area is 110 Å². The van der Waals surface area contributed by atoms with Crippen molar-refractivity contribution in [3.63, 3.8) is 0 Å². The van der Waals surface area contributed by atoms with Gasteiger partial charge in [0.2, 0.25) is 0 Å². The van der Waals surface area contributed by atoms with Crippen molar-refractivity contribution in [2.45, 2.75) is 9.79 Å². The highest BCUT2D eigenvalue weighted by Crippen LogP contribution is 2.32. The third-order valence-corrected chi connectivity index (χ3v) is 3.59. The van der Waals surface area contributed by atoms with Gasteiger partial charge in [0, 0.05) is 9.79 Å². The van der Waals surface area contributed by atoms with Gasteiger partial charge in [-0.15, -0.1) is 0 Å². The number of anilines is 1. The molecule has 88 valence electrons. The van der Waals surface area contributed by atoms with Gasteiger partial charge in [-0.1, -0.05) is 23.4 Å². The molecular formula is C13H12ClNOS.